The molecule has 3 nitrogen and oxygen atoms in total. The molecule has 0 bridgehead atoms. The molecule has 106 valence electrons. The summed E-state index contributed by atoms with van der Waals surface area (Å²) in [5.41, 5.74) is 0.159. The highest BCUT2D eigenvalue weighted by Crippen LogP contribution is 2.38. The molecule has 0 amide bonds. The second kappa shape index (κ2) is 5.05. The average molecular weight is 290 g/mol. The van der Waals surface area contributed by atoms with Crippen LogP contribution < -0.4 is 0 Å². The maximum Gasteiger partial charge on any atom is 0.417 e. The van der Waals surface area contributed by atoms with Gasteiger partial charge in [0.1, 0.15) is 0 Å². The van der Waals surface area contributed by atoms with Crippen LogP contribution in [0.15, 0.2) is 59.4 Å². The van der Waals surface area contributed by atoms with Crippen LogP contribution in [-0.4, -0.2) is 10.1 Å². The second-order valence-corrected chi connectivity index (χ2v) is 4.38. The molecule has 21 heavy (non-hydrogen) atoms. The lowest BCUT2D eigenvalue weighted by molar-refractivity contribution is -0.137. The van der Waals surface area contributed by atoms with E-state index >= 15 is 0 Å². The van der Waals surface area contributed by atoms with Crippen LogP contribution in [0.3, 0.4) is 0 Å². The van der Waals surface area contributed by atoms with Crippen LogP contribution in [0.5, 0.6) is 0 Å². The average Bonchev–Trinajstić information content (AvgIpc) is 3.01. The van der Waals surface area contributed by atoms with Crippen molar-refractivity contribution in [3.63, 3.8) is 0 Å². The van der Waals surface area contributed by atoms with E-state index in [-0.39, 0.29) is 17.0 Å². The molecule has 0 radical (unpaired) electrons. The molecule has 0 saturated heterocycles. The minimum atomic E-state index is -4.47. The van der Waals surface area contributed by atoms with Gasteiger partial charge in [0.2, 0.25) is 12.2 Å². The summed E-state index contributed by atoms with van der Waals surface area (Å²) in [4.78, 5) is 3.77. The zero-order chi connectivity index (χ0) is 14.9. The predicted molar refractivity (Wildman–Crippen MR) is 70.2 cm³/mol. The minimum absolute atomic E-state index is 0.121. The Morgan fingerprint density at radius 2 is 1.67 bits per heavy atom. The van der Waals surface area contributed by atoms with E-state index in [9.17, 15) is 13.2 Å². The van der Waals surface area contributed by atoms with Crippen LogP contribution in [0.1, 0.15) is 5.56 Å². The van der Waals surface area contributed by atoms with E-state index in [1.165, 1.54) is 6.07 Å². The van der Waals surface area contributed by atoms with Gasteiger partial charge in [-0.25, -0.2) is 0 Å². The zero-order valence-electron chi connectivity index (χ0n) is 10.6. The number of hydrogen-bond donors (Lipinski definition) is 0. The normalized spacial score (nSPS) is 11.6. The van der Waals surface area contributed by atoms with E-state index in [2.05, 4.69) is 14.7 Å². The van der Waals surface area contributed by atoms with Gasteiger partial charge in [-0.2, -0.15) is 18.2 Å². The topological polar surface area (TPSA) is 38.9 Å². The van der Waals surface area contributed by atoms with Crippen molar-refractivity contribution in [3.05, 3.63) is 60.5 Å². The molecule has 0 spiro atoms. The number of nitrogens with zero attached hydrogens (tertiary/aromatic N) is 2. The van der Waals surface area contributed by atoms with Gasteiger partial charge in [-0.05, 0) is 17.2 Å². The van der Waals surface area contributed by atoms with Gasteiger partial charge in [0, 0.05) is 5.56 Å². The van der Waals surface area contributed by atoms with Gasteiger partial charge in [-0.15, -0.1) is 0 Å². The first-order valence-corrected chi connectivity index (χ1v) is 6.09. The SMILES string of the molecule is FC(F)(F)c1cc(-c2ncon2)ccc1-c1ccccc1. The predicted octanol–water partition coefficient (Wildman–Crippen LogP) is 4.42. The summed E-state index contributed by atoms with van der Waals surface area (Å²) in [5, 5.41) is 3.56. The van der Waals surface area contributed by atoms with Crippen molar-refractivity contribution in [2.75, 3.05) is 0 Å². The van der Waals surface area contributed by atoms with Crippen LogP contribution in [0.2, 0.25) is 0 Å². The summed E-state index contributed by atoms with van der Waals surface area (Å²) in [6.07, 6.45) is -3.39. The molecule has 0 aliphatic carbocycles. The van der Waals surface area contributed by atoms with Crippen molar-refractivity contribution in [2.45, 2.75) is 6.18 Å². The van der Waals surface area contributed by atoms with Gasteiger partial charge in [0.25, 0.3) is 0 Å². The molecule has 0 N–H and O–H groups in total. The molecule has 6 heteroatoms. The molecule has 0 fully saturated rings. The van der Waals surface area contributed by atoms with Crippen LogP contribution in [0.25, 0.3) is 22.5 Å². The lowest BCUT2D eigenvalue weighted by Gasteiger charge is -2.14. The van der Waals surface area contributed by atoms with Crippen molar-refractivity contribution in [1.82, 2.24) is 10.1 Å². The first kappa shape index (κ1) is 13.4. The molecule has 3 aromatic rings. The first-order chi connectivity index (χ1) is 10.1. The quantitative estimate of drug-likeness (QED) is 0.701. The Kier molecular flexibility index (Phi) is 3.21. The monoisotopic (exact) mass is 290 g/mol. The Morgan fingerprint density at radius 1 is 0.905 bits per heavy atom. The molecule has 0 aliphatic rings. The van der Waals surface area contributed by atoms with Crippen LogP contribution in [-0.2, 0) is 6.18 Å². The number of aromatic nitrogens is 2. The minimum Gasteiger partial charge on any atom is -0.342 e. The lowest BCUT2D eigenvalue weighted by Crippen LogP contribution is -2.07. The van der Waals surface area contributed by atoms with E-state index in [0.717, 1.165) is 12.5 Å². The summed E-state index contributed by atoms with van der Waals surface area (Å²) in [7, 11) is 0. The maximum absolute atomic E-state index is 13.3. The summed E-state index contributed by atoms with van der Waals surface area (Å²) in [5.74, 6) is 0.125. The summed E-state index contributed by atoms with van der Waals surface area (Å²) >= 11 is 0. The van der Waals surface area contributed by atoms with E-state index < -0.39 is 11.7 Å². The molecular weight excluding hydrogens is 281 g/mol. The summed E-state index contributed by atoms with van der Waals surface area (Å²) in [6.45, 7) is 0. The van der Waals surface area contributed by atoms with Gasteiger partial charge in [0.05, 0.1) is 5.56 Å². The van der Waals surface area contributed by atoms with Gasteiger partial charge < -0.3 is 4.52 Å². The smallest absolute Gasteiger partial charge is 0.342 e. The largest absolute Gasteiger partial charge is 0.417 e. The van der Waals surface area contributed by atoms with Crippen molar-refractivity contribution in [3.8, 4) is 22.5 Å². The lowest BCUT2D eigenvalue weighted by atomic mass is 9.97. The highest BCUT2D eigenvalue weighted by atomic mass is 19.4. The molecule has 3 rings (SSSR count). The zero-order valence-corrected chi connectivity index (χ0v) is 10.6. The highest BCUT2D eigenvalue weighted by molar-refractivity contribution is 5.72. The fourth-order valence-corrected chi connectivity index (χ4v) is 2.09. The van der Waals surface area contributed by atoms with E-state index in [4.69, 9.17) is 0 Å². The van der Waals surface area contributed by atoms with Gasteiger partial charge >= 0.3 is 6.18 Å². The van der Waals surface area contributed by atoms with Crippen LogP contribution in [0.4, 0.5) is 13.2 Å². The van der Waals surface area contributed by atoms with E-state index in [1.54, 1.807) is 36.4 Å². The molecule has 1 heterocycles. The highest BCUT2D eigenvalue weighted by Gasteiger charge is 2.34. The standard InChI is InChI=1S/C15H9F3N2O/c16-15(17,18)13-8-11(14-19-9-21-20-14)6-7-12(13)10-4-2-1-3-5-10/h1-9H. The summed E-state index contributed by atoms with van der Waals surface area (Å²) in [6, 6.07) is 12.4. The fourth-order valence-electron chi connectivity index (χ4n) is 2.09. The Labute approximate surface area is 118 Å². The van der Waals surface area contributed by atoms with Gasteiger partial charge in [0.15, 0.2) is 0 Å². The molecule has 0 atom stereocenters. The molecule has 0 unspecified atom stereocenters. The third kappa shape index (κ3) is 2.65. The first-order valence-electron chi connectivity index (χ1n) is 6.09. The van der Waals surface area contributed by atoms with E-state index in [1.807, 2.05) is 0 Å². The third-order valence-corrected chi connectivity index (χ3v) is 3.03. The molecule has 1 aromatic heterocycles. The third-order valence-electron chi connectivity index (χ3n) is 3.03. The van der Waals surface area contributed by atoms with Crippen molar-refractivity contribution in [1.29, 1.82) is 0 Å². The Hall–Kier alpha value is -2.63. The van der Waals surface area contributed by atoms with Crippen LogP contribution in [0, 0.1) is 0 Å². The van der Waals surface area contributed by atoms with Crippen molar-refractivity contribution >= 4 is 0 Å². The fraction of sp³-hybridized carbons (Fsp3) is 0.0667. The maximum atomic E-state index is 13.3. The van der Waals surface area contributed by atoms with Gasteiger partial charge in [-0.1, -0.05) is 47.6 Å². The summed E-state index contributed by atoms with van der Waals surface area (Å²) < 4.78 is 44.4. The Bertz CT molecular complexity index is 737. The molecule has 0 aliphatic heterocycles. The Morgan fingerprint density at radius 3 is 2.29 bits per heavy atom. The van der Waals surface area contributed by atoms with Gasteiger partial charge in [-0.3, -0.25) is 0 Å². The van der Waals surface area contributed by atoms with E-state index in [0.29, 0.717) is 5.56 Å². The molecular formula is C15H9F3N2O. The molecule has 0 saturated carbocycles. The second-order valence-electron chi connectivity index (χ2n) is 4.38. The molecule has 2 aromatic carbocycles. The van der Waals surface area contributed by atoms with Crippen molar-refractivity contribution < 1.29 is 17.7 Å². The number of alkyl halides is 3. The number of halogens is 3. The van der Waals surface area contributed by atoms with Crippen LogP contribution >= 0.6 is 0 Å². The van der Waals surface area contributed by atoms with Crippen molar-refractivity contribution in [2.24, 2.45) is 0 Å². The Balaban J connectivity index is 2.18. The number of benzene rings is 2. The number of rotatable bonds is 2. The number of hydrogen-bond acceptors (Lipinski definition) is 3.